The molecule has 21 heavy (non-hydrogen) atoms. The minimum absolute atomic E-state index is 0.275. The van der Waals surface area contributed by atoms with E-state index in [1.54, 1.807) is 6.33 Å². The molecule has 0 amide bonds. The maximum atomic E-state index is 6.07. The Bertz CT molecular complexity index is 672. The highest BCUT2D eigenvalue weighted by molar-refractivity contribution is 5.73. The van der Waals surface area contributed by atoms with Gasteiger partial charge in [-0.3, -0.25) is 4.98 Å². The van der Waals surface area contributed by atoms with Gasteiger partial charge in [-0.1, -0.05) is 24.3 Å². The van der Waals surface area contributed by atoms with Gasteiger partial charge in [0.2, 0.25) is 0 Å². The van der Waals surface area contributed by atoms with E-state index in [1.165, 1.54) is 0 Å². The van der Waals surface area contributed by atoms with Crippen LogP contribution < -0.4 is 0 Å². The van der Waals surface area contributed by atoms with E-state index < -0.39 is 0 Å². The van der Waals surface area contributed by atoms with Crippen molar-refractivity contribution in [1.82, 2.24) is 14.5 Å². The van der Waals surface area contributed by atoms with Gasteiger partial charge in [0.1, 0.15) is 0 Å². The third-order valence-electron chi connectivity index (χ3n) is 3.77. The van der Waals surface area contributed by atoms with Crippen molar-refractivity contribution in [1.29, 1.82) is 0 Å². The molecule has 0 fully saturated rings. The van der Waals surface area contributed by atoms with Gasteiger partial charge in [0.25, 0.3) is 0 Å². The van der Waals surface area contributed by atoms with E-state index in [9.17, 15) is 0 Å². The van der Waals surface area contributed by atoms with Gasteiger partial charge >= 0.3 is 0 Å². The predicted molar refractivity (Wildman–Crippen MR) is 82.4 cm³/mol. The van der Waals surface area contributed by atoms with Crippen LogP contribution in [0.2, 0.25) is 0 Å². The van der Waals surface area contributed by atoms with Crippen LogP contribution in [0.25, 0.3) is 5.57 Å². The van der Waals surface area contributed by atoms with E-state index in [2.05, 4.69) is 35.1 Å². The van der Waals surface area contributed by atoms with Gasteiger partial charge in [0, 0.05) is 13.2 Å². The molecule has 2 aromatic heterocycles. The molecule has 1 aliphatic rings. The molecule has 2 heterocycles. The Morgan fingerprint density at radius 1 is 1.38 bits per heavy atom. The Morgan fingerprint density at radius 3 is 2.90 bits per heavy atom. The average molecular weight is 281 g/mol. The summed E-state index contributed by atoms with van der Waals surface area (Å²) in [5.74, 6) is 0. The normalized spacial score (nSPS) is 21.3. The highest BCUT2D eigenvalue weighted by Gasteiger charge is 2.24. The molecular weight excluding hydrogens is 262 g/mol. The van der Waals surface area contributed by atoms with Crippen molar-refractivity contribution in [2.75, 3.05) is 0 Å². The zero-order chi connectivity index (χ0) is 14.7. The molecule has 4 nitrogen and oxygen atoms in total. The Kier molecular flexibility index (Phi) is 3.71. The lowest BCUT2D eigenvalue weighted by molar-refractivity contribution is -0.00757. The van der Waals surface area contributed by atoms with Gasteiger partial charge in [-0.15, -0.1) is 0 Å². The first-order valence-corrected chi connectivity index (χ1v) is 7.06. The Labute approximate surface area is 124 Å². The molecule has 0 aliphatic heterocycles. The summed E-state index contributed by atoms with van der Waals surface area (Å²) in [5, 5.41) is 0. The number of imidazole rings is 1. The monoisotopic (exact) mass is 281 g/mol. The maximum absolute atomic E-state index is 6.07. The molecule has 1 aliphatic carbocycles. The van der Waals surface area contributed by atoms with E-state index in [4.69, 9.17) is 4.74 Å². The molecule has 0 spiro atoms. The van der Waals surface area contributed by atoms with Crippen LogP contribution in [0.15, 0.2) is 55.1 Å². The fourth-order valence-electron chi connectivity index (χ4n) is 2.31. The Morgan fingerprint density at radius 2 is 2.29 bits per heavy atom. The molecule has 0 bridgehead atoms. The van der Waals surface area contributed by atoms with Gasteiger partial charge in [-0.2, -0.15) is 0 Å². The predicted octanol–water partition coefficient (Wildman–Crippen LogP) is 3.13. The molecule has 0 radical (unpaired) electrons. The first-order chi connectivity index (χ1) is 10.2. The van der Waals surface area contributed by atoms with Crippen LogP contribution in [0.3, 0.4) is 0 Å². The summed E-state index contributed by atoms with van der Waals surface area (Å²) in [6.07, 6.45) is 12.7. The zero-order valence-electron chi connectivity index (χ0n) is 12.4. The standard InChI is InChI=1S/C17H19N3O/c1-17(21-12-15-11-18-13-20(15)2)8-6-14(7-9-17)16-5-3-4-10-19-16/h3-8,10-11,13H,9,12H2,1-2H3. The summed E-state index contributed by atoms with van der Waals surface area (Å²) in [4.78, 5) is 8.48. The molecule has 3 rings (SSSR count). The lowest BCUT2D eigenvalue weighted by Crippen LogP contribution is -2.27. The quantitative estimate of drug-likeness (QED) is 0.864. The fourth-order valence-corrected chi connectivity index (χ4v) is 2.31. The summed E-state index contributed by atoms with van der Waals surface area (Å²) in [5.41, 5.74) is 2.95. The highest BCUT2D eigenvalue weighted by Crippen LogP contribution is 2.29. The van der Waals surface area contributed by atoms with Crippen molar-refractivity contribution in [3.8, 4) is 0 Å². The minimum atomic E-state index is -0.275. The first-order valence-electron chi connectivity index (χ1n) is 7.06. The molecule has 0 N–H and O–H groups in total. The number of aromatic nitrogens is 3. The third-order valence-corrected chi connectivity index (χ3v) is 3.77. The Hall–Kier alpha value is -2.20. The van der Waals surface area contributed by atoms with Gasteiger partial charge in [-0.05, 0) is 31.1 Å². The highest BCUT2D eigenvalue weighted by atomic mass is 16.5. The second-order valence-electron chi connectivity index (χ2n) is 5.51. The first kappa shape index (κ1) is 13.8. The van der Waals surface area contributed by atoms with E-state index in [1.807, 2.05) is 42.2 Å². The van der Waals surface area contributed by atoms with Crippen LogP contribution in [-0.2, 0) is 18.4 Å². The molecule has 2 aromatic rings. The number of ether oxygens (including phenoxy) is 1. The van der Waals surface area contributed by atoms with Gasteiger partial charge in [0.15, 0.2) is 0 Å². The number of hydrogen-bond donors (Lipinski definition) is 0. The topological polar surface area (TPSA) is 39.9 Å². The molecule has 0 aromatic carbocycles. The van der Waals surface area contributed by atoms with Gasteiger partial charge in [-0.25, -0.2) is 4.98 Å². The lowest BCUT2D eigenvalue weighted by Gasteiger charge is -2.28. The molecule has 0 saturated carbocycles. The smallest absolute Gasteiger partial charge is 0.0946 e. The summed E-state index contributed by atoms with van der Waals surface area (Å²) < 4.78 is 8.04. The van der Waals surface area contributed by atoms with Crippen molar-refractivity contribution in [2.45, 2.75) is 25.6 Å². The summed E-state index contributed by atoms with van der Waals surface area (Å²) in [6, 6.07) is 5.96. The third kappa shape index (κ3) is 3.11. The summed E-state index contributed by atoms with van der Waals surface area (Å²) in [7, 11) is 1.98. The summed E-state index contributed by atoms with van der Waals surface area (Å²) >= 11 is 0. The van der Waals surface area contributed by atoms with Crippen molar-refractivity contribution >= 4 is 5.57 Å². The van der Waals surface area contributed by atoms with Crippen LogP contribution in [0.1, 0.15) is 24.7 Å². The van der Waals surface area contributed by atoms with Crippen LogP contribution in [0.4, 0.5) is 0 Å². The van der Waals surface area contributed by atoms with Crippen LogP contribution in [-0.4, -0.2) is 20.1 Å². The number of nitrogens with zero attached hydrogens (tertiary/aromatic N) is 3. The van der Waals surface area contributed by atoms with Crippen molar-refractivity contribution in [3.05, 3.63) is 66.5 Å². The number of hydrogen-bond acceptors (Lipinski definition) is 3. The van der Waals surface area contributed by atoms with Crippen LogP contribution >= 0.6 is 0 Å². The second-order valence-corrected chi connectivity index (χ2v) is 5.51. The molecule has 1 unspecified atom stereocenters. The molecule has 108 valence electrons. The van der Waals surface area contributed by atoms with E-state index in [0.29, 0.717) is 6.61 Å². The second kappa shape index (κ2) is 5.66. The molecule has 0 saturated heterocycles. The largest absolute Gasteiger partial charge is 0.365 e. The van der Waals surface area contributed by atoms with Crippen molar-refractivity contribution < 1.29 is 4.74 Å². The Balaban J connectivity index is 1.66. The number of allylic oxidation sites excluding steroid dienone is 2. The van der Waals surface area contributed by atoms with Gasteiger partial charge < -0.3 is 9.30 Å². The van der Waals surface area contributed by atoms with Crippen molar-refractivity contribution in [2.24, 2.45) is 7.05 Å². The zero-order valence-corrected chi connectivity index (χ0v) is 12.4. The maximum Gasteiger partial charge on any atom is 0.0946 e. The minimum Gasteiger partial charge on any atom is -0.365 e. The average Bonchev–Trinajstić information content (AvgIpc) is 2.92. The molecule has 4 heteroatoms. The van der Waals surface area contributed by atoms with Crippen LogP contribution in [0, 0.1) is 0 Å². The fraction of sp³-hybridized carbons (Fsp3) is 0.294. The van der Waals surface area contributed by atoms with E-state index in [0.717, 1.165) is 23.4 Å². The van der Waals surface area contributed by atoms with E-state index >= 15 is 0 Å². The number of pyridine rings is 1. The SMILES string of the molecule is Cn1cncc1COC1(C)C=CC(c2ccccn2)=CC1. The van der Waals surface area contributed by atoms with Gasteiger partial charge in [0.05, 0.1) is 36.1 Å². The molecule has 1 atom stereocenters. The summed E-state index contributed by atoms with van der Waals surface area (Å²) in [6.45, 7) is 2.66. The lowest BCUT2D eigenvalue weighted by atomic mass is 9.92. The van der Waals surface area contributed by atoms with E-state index in [-0.39, 0.29) is 5.60 Å². The van der Waals surface area contributed by atoms with Crippen LogP contribution in [0.5, 0.6) is 0 Å². The van der Waals surface area contributed by atoms with Crippen molar-refractivity contribution in [3.63, 3.8) is 0 Å². The number of aryl methyl sites for hydroxylation is 1. The molecular formula is C17H19N3O. The number of rotatable bonds is 4.